The van der Waals surface area contributed by atoms with Gasteiger partial charge < -0.3 is 10.0 Å². The fourth-order valence-electron chi connectivity index (χ4n) is 3.05. The van der Waals surface area contributed by atoms with Crippen molar-refractivity contribution in [2.75, 3.05) is 32.7 Å². The summed E-state index contributed by atoms with van der Waals surface area (Å²) in [6.45, 7) is 14.5. The summed E-state index contributed by atoms with van der Waals surface area (Å²) in [6, 6.07) is 6.18. The lowest BCUT2D eigenvalue weighted by atomic mass is 10.0. The molecular weight excluding hydrogens is 248 g/mol. The van der Waals surface area contributed by atoms with E-state index in [1.807, 2.05) is 12.1 Å². The van der Waals surface area contributed by atoms with E-state index in [2.05, 4.69) is 43.6 Å². The van der Waals surface area contributed by atoms with Crippen molar-refractivity contribution >= 4 is 0 Å². The zero-order valence-corrected chi connectivity index (χ0v) is 13.3. The van der Waals surface area contributed by atoms with Gasteiger partial charge in [0, 0.05) is 44.3 Å². The number of phenolic OH excluding ortho intramolecular Hbond substituents is 1. The lowest BCUT2D eigenvalue weighted by molar-refractivity contribution is 0.0938. The van der Waals surface area contributed by atoms with Crippen molar-refractivity contribution in [3.05, 3.63) is 29.3 Å². The monoisotopic (exact) mass is 276 g/mol. The predicted octanol–water partition coefficient (Wildman–Crippen LogP) is 3.04. The Labute approximate surface area is 123 Å². The van der Waals surface area contributed by atoms with Crippen LogP contribution in [0.4, 0.5) is 0 Å². The van der Waals surface area contributed by atoms with Crippen LogP contribution in [-0.4, -0.2) is 47.6 Å². The van der Waals surface area contributed by atoms with E-state index in [9.17, 15) is 5.11 Å². The summed E-state index contributed by atoms with van der Waals surface area (Å²) in [4.78, 5) is 5.02. The van der Waals surface area contributed by atoms with Gasteiger partial charge in [0.15, 0.2) is 0 Å². The van der Waals surface area contributed by atoms with Crippen LogP contribution < -0.4 is 0 Å². The van der Waals surface area contributed by atoms with Crippen molar-refractivity contribution in [3.63, 3.8) is 0 Å². The number of rotatable bonds is 4. The first-order valence-electron chi connectivity index (χ1n) is 7.73. The van der Waals surface area contributed by atoms with Gasteiger partial charge in [0.25, 0.3) is 0 Å². The van der Waals surface area contributed by atoms with E-state index in [-0.39, 0.29) is 6.04 Å². The van der Waals surface area contributed by atoms with E-state index in [1.54, 1.807) is 0 Å². The van der Waals surface area contributed by atoms with Gasteiger partial charge in [0.05, 0.1) is 0 Å². The molecule has 1 fully saturated rings. The second-order valence-corrected chi connectivity index (χ2v) is 6.47. The molecule has 0 spiro atoms. The number of aryl methyl sites for hydroxylation is 1. The SMILES string of the molecule is Cc1ccc(O)c(C(C)N2CCN(CC(C)C)CC2)c1. The molecule has 1 saturated heterocycles. The van der Waals surface area contributed by atoms with E-state index in [1.165, 1.54) is 12.1 Å². The fraction of sp³-hybridized carbons (Fsp3) is 0.647. The first kappa shape index (κ1) is 15.3. The molecule has 1 atom stereocenters. The van der Waals surface area contributed by atoms with Crippen LogP contribution >= 0.6 is 0 Å². The molecule has 1 aromatic carbocycles. The van der Waals surface area contributed by atoms with Crippen LogP contribution in [0.25, 0.3) is 0 Å². The van der Waals surface area contributed by atoms with Crippen molar-refractivity contribution in [1.29, 1.82) is 0 Å². The Morgan fingerprint density at radius 3 is 2.35 bits per heavy atom. The lowest BCUT2D eigenvalue weighted by Gasteiger charge is -2.39. The van der Waals surface area contributed by atoms with Crippen LogP contribution in [0.2, 0.25) is 0 Å². The Hall–Kier alpha value is -1.06. The topological polar surface area (TPSA) is 26.7 Å². The minimum atomic E-state index is 0.288. The van der Waals surface area contributed by atoms with Crippen LogP contribution in [0.15, 0.2) is 18.2 Å². The van der Waals surface area contributed by atoms with Gasteiger partial charge in [-0.3, -0.25) is 4.90 Å². The van der Waals surface area contributed by atoms with Crippen LogP contribution in [-0.2, 0) is 0 Å². The van der Waals surface area contributed by atoms with E-state index in [0.717, 1.165) is 37.7 Å². The number of hydrogen-bond acceptors (Lipinski definition) is 3. The van der Waals surface area contributed by atoms with Gasteiger partial charge in [0.2, 0.25) is 0 Å². The molecule has 2 rings (SSSR count). The molecule has 0 saturated carbocycles. The van der Waals surface area contributed by atoms with E-state index >= 15 is 0 Å². The first-order valence-corrected chi connectivity index (χ1v) is 7.73. The summed E-state index contributed by atoms with van der Waals surface area (Å²) in [5.74, 6) is 1.16. The highest BCUT2D eigenvalue weighted by molar-refractivity contribution is 5.37. The van der Waals surface area contributed by atoms with Gasteiger partial charge in [-0.15, -0.1) is 0 Å². The second-order valence-electron chi connectivity index (χ2n) is 6.47. The van der Waals surface area contributed by atoms with E-state index < -0.39 is 0 Å². The van der Waals surface area contributed by atoms with Crippen molar-refractivity contribution in [2.24, 2.45) is 5.92 Å². The Kier molecular flexibility index (Phi) is 5.06. The maximum Gasteiger partial charge on any atom is 0.120 e. The van der Waals surface area contributed by atoms with Crippen LogP contribution in [0.3, 0.4) is 0 Å². The van der Waals surface area contributed by atoms with Crippen molar-refractivity contribution in [1.82, 2.24) is 9.80 Å². The van der Waals surface area contributed by atoms with E-state index in [0.29, 0.717) is 5.75 Å². The van der Waals surface area contributed by atoms with Gasteiger partial charge in [-0.2, -0.15) is 0 Å². The average molecular weight is 276 g/mol. The van der Waals surface area contributed by atoms with Gasteiger partial charge in [-0.25, -0.2) is 0 Å². The Morgan fingerprint density at radius 2 is 1.75 bits per heavy atom. The van der Waals surface area contributed by atoms with Gasteiger partial charge in [-0.05, 0) is 25.8 Å². The largest absolute Gasteiger partial charge is 0.508 e. The third-order valence-corrected chi connectivity index (χ3v) is 4.21. The van der Waals surface area contributed by atoms with Crippen molar-refractivity contribution in [2.45, 2.75) is 33.7 Å². The number of piperazine rings is 1. The van der Waals surface area contributed by atoms with Crippen LogP contribution in [0.5, 0.6) is 5.75 Å². The molecule has 1 N–H and O–H groups in total. The summed E-state index contributed by atoms with van der Waals surface area (Å²) in [5, 5.41) is 10.1. The molecule has 1 aromatic rings. The molecule has 3 heteroatoms. The average Bonchev–Trinajstić information content (AvgIpc) is 2.41. The maximum absolute atomic E-state index is 10.1. The zero-order valence-electron chi connectivity index (χ0n) is 13.3. The summed E-state index contributed by atoms with van der Waals surface area (Å²) in [6.07, 6.45) is 0. The van der Waals surface area contributed by atoms with E-state index in [4.69, 9.17) is 0 Å². The van der Waals surface area contributed by atoms with Crippen molar-refractivity contribution in [3.8, 4) is 5.75 Å². The maximum atomic E-state index is 10.1. The summed E-state index contributed by atoms with van der Waals surface area (Å²) in [5.41, 5.74) is 2.27. The number of hydrogen-bond donors (Lipinski definition) is 1. The highest BCUT2D eigenvalue weighted by Crippen LogP contribution is 2.29. The standard InChI is InChI=1S/C17H28N2O/c1-13(2)12-18-7-9-19(10-8-18)15(4)16-11-14(3)5-6-17(16)20/h5-6,11,13,15,20H,7-10,12H2,1-4H3. The molecule has 20 heavy (non-hydrogen) atoms. The lowest BCUT2D eigenvalue weighted by Crippen LogP contribution is -2.48. The molecule has 112 valence electrons. The molecule has 3 nitrogen and oxygen atoms in total. The highest BCUT2D eigenvalue weighted by atomic mass is 16.3. The third kappa shape index (κ3) is 3.74. The fourth-order valence-corrected chi connectivity index (χ4v) is 3.05. The zero-order chi connectivity index (χ0) is 14.7. The first-order chi connectivity index (χ1) is 9.47. The Balaban J connectivity index is 1.98. The Bertz CT molecular complexity index is 437. The molecule has 0 radical (unpaired) electrons. The predicted molar refractivity (Wildman–Crippen MR) is 84.1 cm³/mol. The molecule has 0 bridgehead atoms. The molecule has 0 aromatic heterocycles. The molecule has 1 heterocycles. The normalized spacial score (nSPS) is 19.4. The molecule has 0 amide bonds. The Morgan fingerprint density at radius 1 is 1.10 bits per heavy atom. The second kappa shape index (κ2) is 6.59. The molecular formula is C17H28N2O. The number of phenols is 1. The number of benzene rings is 1. The van der Waals surface area contributed by atoms with Crippen LogP contribution in [0.1, 0.15) is 37.9 Å². The molecule has 1 aliphatic heterocycles. The highest BCUT2D eigenvalue weighted by Gasteiger charge is 2.23. The number of aromatic hydroxyl groups is 1. The smallest absolute Gasteiger partial charge is 0.120 e. The van der Waals surface area contributed by atoms with Crippen molar-refractivity contribution < 1.29 is 5.11 Å². The molecule has 0 aliphatic carbocycles. The summed E-state index contributed by atoms with van der Waals surface area (Å²) in [7, 11) is 0. The number of nitrogens with zero attached hydrogens (tertiary/aromatic N) is 2. The minimum Gasteiger partial charge on any atom is -0.508 e. The quantitative estimate of drug-likeness (QED) is 0.915. The van der Waals surface area contributed by atoms with Gasteiger partial charge >= 0.3 is 0 Å². The van der Waals surface area contributed by atoms with Gasteiger partial charge in [0.1, 0.15) is 5.75 Å². The molecule has 1 unspecified atom stereocenters. The van der Waals surface area contributed by atoms with Crippen LogP contribution in [0, 0.1) is 12.8 Å². The van der Waals surface area contributed by atoms with Gasteiger partial charge in [-0.1, -0.05) is 31.5 Å². The summed E-state index contributed by atoms with van der Waals surface area (Å²) < 4.78 is 0. The summed E-state index contributed by atoms with van der Waals surface area (Å²) >= 11 is 0. The molecule has 1 aliphatic rings. The minimum absolute atomic E-state index is 0.288. The third-order valence-electron chi connectivity index (χ3n) is 4.21.